The predicted molar refractivity (Wildman–Crippen MR) is 62.8 cm³/mol. The zero-order chi connectivity index (χ0) is 13.5. The van der Waals surface area contributed by atoms with Crippen LogP contribution in [0.5, 0.6) is 0 Å². The van der Waals surface area contributed by atoms with Crippen LogP contribution in [0.2, 0.25) is 0 Å². The van der Waals surface area contributed by atoms with Crippen LogP contribution < -0.4 is 5.32 Å². The number of carbonyl (C=O) groups excluding carboxylic acids is 1. The first-order valence-electron chi connectivity index (χ1n) is 5.36. The number of urea groups is 1. The summed E-state index contributed by atoms with van der Waals surface area (Å²) < 4.78 is 24.5. The van der Waals surface area contributed by atoms with Gasteiger partial charge in [-0.05, 0) is 6.42 Å². The summed E-state index contributed by atoms with van der Waals surface area (Å²) in [6.07, 6.45) is -1.97. The Morgan fingerprint density at radius 2 is 2.22 bits per heavy atom. The summed E-state index contributed by atoms with van der Waals surface area (Å²) in [5, 5.41) is 17.5. The summed E-state index contributed by atoms with van der Waals surface area (Å²) in [5.41, 5.74) is 0. The Morgan fingerprint density at radius 1 is 1.50 bits per heavy atom. The number of aliphatic hydroxyl groups excluding tert-OH is 1. The molecule has 1 rings (SSSR count). The van der Waals surface area contributed by atoms with Gasteiger partial charge in [0.25, 0.3) is 6.43 Å². The van der Waals surface area contributed by atoms with Crippen LogP contribution >= 0.6 is 11.3 Å². The number of rotatable bonds is 6. The summed E-state index contributed by atoms with van der Waals surface area (Å²) in [6, 6.07) is -0.483. The fraction of sp³-hybridized carbons (Fsp3) is 0.667. The zero-order valence-corrected chi connectivity index (χ0v) is 10.6. The highest BCUT2D eigenvalue weighted by atomic mass is 32.1. The van der Waals surface area contributed by atoms with Gasteiger partial charge in [0.15, 0.2) is 5.01 Å². The van der Waals surface area contributed by atoms with Gasteiger partial charge in [-0.1, -0.05) is 18.3 Å². The third-order valence-corrected chi connectivity index (χ3v) is 2.84. The van der Waals surface area contributed by atoms with E-state index in [0.29, 0.717) is 17.9 Å². The van der Waals surface area contributed by atoms with Crippen molar-refractivity contribution in [2.24, 2.45) is 0 Å². The van der Waals surface area contributed by atoms with Crippen molar-refractivity contribution in [2.45, 2.75) is 19.8 Å². The van der Waals surface area contributed by atoms with Crippen molar-refractivity contribution in [3.63, 3.8) is 0 Å². The summed E-state index contributed by atoms with van der Waals surface area (Å²) in [5.74, 6) is 0. The molecule has 0 saturated carbocycles. The second-order valence-corrected chi connectivity index (χ2v) is 4.40. The molecule has 9 heteroatoms. The minimum Gasteiger partial charge on any atom is -0.395 e. The smallest absolute Gasteiger partial charge is 0.323 e. The Hall–Kier alpha value is -1.35. The Balaban J connectivity index is 2.60. The van der Waals surface area contributed by atoms with Gasteiger partial charge in [0.05, 0.1) is 6.61 Å². The van der Waals surface area contributed by atoms with Crippen molar-refractivity contribution in [3.05, 3.63) is 5.01 Å². The van der Waals surface area contributed by atoms with Crippen molar-refractivity contribution in [3.8, 4) is 0 Å². The molecule has 0 aliphatic carbocycles. The van der Waals surface area contributed by atoms with E-state index in [4.69, 9.17) is 5.11 Å². The van der Waals surface area contributed by atoms with Crippen molar-refractivity contribution in [1.82, 2.24) is 15.1 Å². The molecular weight excluding hydrogens is 266 g/mol. The number of aliphatic hydroxyl groups is 1. The topological polar surface area (TPSA) is 78.4 Å². The molecule has 0 aliphatic heterocycles. The third kappa shape index (κ3) is 4.15. The number of nitrogens with one attached hydrogen (secondary N) is 1. The van der Waals surface area contributed by atoms with E-state index in [2.05, 4.69) is 15.5 Å². The lowest BCUT2D eigenvalue weighted by molar-refractivity contribution is 0.150. The highest BCUT2D eigenvalue weighted by Gasteiger charge is 2.17. The average molecular weight is 280 g/mol. The standard InChI is InChI=1S/C9H14F2N4O2S/c1-2-3-15(4-5-16)9(17)12-8-14-13-7(18-8)6(10)11/h6,16H,2-5H2,1H3,(H,12,14,17). The second-order valence-electron chi connectivity index (χ2n) is 3.39. The predicted octanol–water partition coefficient (Wildman–Crippen LogP) is 1.71. The van der Waals surface area contributed by atoms with E-state index in [1.165, 1.54) is 4.90 Å². The van der Waals surface area contributed by atoms with Crippen molar-refractivity contribution < 1.29 is 18.7 Å². The van der Waals surface area contributed by atoms with E-state index < -0.39 is 17.5 Å². The van der Waals surface area contributed by atoms with Crippen molar-refractivity contribution in [1.29, 1.82) is 0 Å². The van der Waals surface area contributed by atoms with Crippen molar-refractivity contribution >= 4 is 22.5 Å². The Bertz CT molecular complexity index is 382. The second kappa shape index (κ2) is 7.17. The van der Waals surface area contributed by atoms with Gasteiger partial charge in [0, 0.05) is 13.1 Å². The number of amides is 2. The van der Waals surface area contributed by atoms with Gasteiger partial charge >= 0.3 is 6.03 Å². The normalized spacial score (nSPS) is 10.7. The number of carbonyl (C=O) groups is 1. The first-order chi connectivity index (χ1) is 8.58. The number of anilines is 1. The Kier molecular flexibility index (Phi) is 5.86. The van der Waals surface area contributed by atoms with Crippen LogP contribution in [0.4, 0.5) is 18.7 Å². The molecule has 0 bridgehead atoms. The van der Waals surface area contributed by atoms with Crippen LogP contribution in [0.1, 0.15) is 24.8 Å². The van der Waals surface area contributed by atoms with Crippen LogP contribution in [0.15, 0.2) is 0 Å². The number of aromatic nitrogens is 2. The molecule has 2 N–H and O–H groups in total. The largest absolute Gasteiger partial charge is 0.395 e. The number of hydrogen-bond donors (Lipinski definition) is 2. The molecule has 0 saturated heterocycles. The summed E-state index contributed by atoms with van der Waals surface area (Å²) >= 11 is 0.630. The van der Waals surface area contributed by atoms with Gasteiger partial charge in [-0.2, -0.15) is 0 Å². The maximum atomic E-state index is 12.3. The molecule has 6 nitrogen and oxygen atoms in total. The van der Waals surface area contributed by atoms with Gasteiger partial charge in [0.1, 0.15) is 0 Å². The van der Waals surface area contributed by atoms with Gasteiger partial charge in [-0.15, -0.1) is 10.2 Å². The number of halogens is 2. The van der Waals surface area contributed by atoms with E-state index in [0.717, 1.165) is 6.42 Å². The molecule has 102 valence electrons. The lowest BCUT2D eigenvalue weighted by Gasteiger charge is -2.20. The van der Waals surface area contributed by atoms with Gasteiger partial charge in [-0.3, -0.25) is 5.32 Å². The molecule has 2 amide bonds. The van der Waals surface area contributed by atoms with Crippen LogP contribution in [0.3, 0.4) is 0 Å². The van der Waals surface area contributed by atoms with E-state index in [1.54, 1.807) is 0 Å². The van der Waals surface area contributed by atoms with Crippen LogP contribution in [-0.2, 0) is 0 Å². The summed E-state index contributed by atoms with van der Waals surface area (Å²) in [7, 11) is 0. The molecule has 0 atom stereocenters. The van der Waals surface area contributed by atoms with E-state index >= 15 is 0 Å². The number of alkyl halides is 2. The van der Waals surface area contributed by atoms with E-state index in [9.17, 15) is 13.6 Å². The minimum absolute atomic E-state index is 0.0225. The molecule has 1 heterocycles. The quantitative estimate of drug-likeness (QED) is 0.831. The highest BCUT2D eigenvalue weighted by Crippen LogP contribution is 2.25. The third-order valence-electron chi connectivity index (χ3n) is 1.99. The minimum atomic E-state index is -2.70. The lowest BCUT2D eigenvalue weighted by Crippen LogP contribution is -2.37. The van der Waals surface area contributed by atoms with E-state index in [-0.39, 0.29) is 18.3 Å². The maximum absolute atomic E-state index is 12.3. The highest BCUT2D eigenvalue weighted by molar-refractivity contribution is 7.15. The van der Waals surface area contributed by atoms with Gasteiger partial charge in [0.2, 0.25) is 5.13 Å². The Labute approximate surface area is 107 Å². The molecule has 0 radical (unpaired) electrons. The first kappa shape index (κ1) is 14.7. The SMILES string of the molecule is CCCN(CCO)C(=O)Nc1nnc(C(F)F)s1. The molecule has 0 aliphatic rings. The molecule has 0 fully saturated rings. The number of hydrogen-bond acceptors (Lipinski definition) is 5. The van der Waals surface area contributed by atoms with Crippen LogP contribution in [-0.4, -0.2) is 45.9 Å². The van der Waals surface area contributed by atoms with Crippen LogP contribution in [0.25, 0.3) is 0 Å². The molecular formula is C9H14F2N4O2S. The maximum Gasteiger partial charge on any atom is 0.323 e. The van der Waals surface area contributed by atoms with Gasteiger partial charge < -0.3 is 10.0 Å². The molecule has 0 aromatic carbocycles. The lowest BCUT2D eigenvalue weighted by atomic mass is 10.4. The molecule has 1 aromatic heterocycles. The average Bonchev–Trinajstić information content (AvgIpc) is 2.77. The molecule has 1 aromatic rings. The van der Waals surface area contributed by atoms with Gasteiger partial charge in [-0.25, -0.2) is 13.6 Å². The zero-order valence-electron chi connectivity index (χ0n) is 9.77. The Morgan fingerprint density at radius 3 is 2.72 bits per heavy atom. The number of nitrogens with zero attached hydrogens (tertiary/aromatic N) is 3. The van der Waals surface area contributed by atoms with Crippen LogP contribution in [0, 0.1) is 0 Å². The van der Waals surface area contributed by atoms with E-state index in [1.807, 2.05) is 6.92 Å². The monoisotopic (exact) mass is 280 g/mol. The first-order valence-corrected chi connectivity index (χ1v) is 6.18. The fourth-order valence-electron chi connectivity index (χ4n) is 1.25. The fourth-order valence-corrected chi connectivity index (χ4v) is 1.84. The summed E-state index contributed by atoms with van der Waals surface area (Å²) in [6.45, 7) is 2.37. The van der Waals surface area contributed by atoms with Crippen molar-refractivity contribution in [2.75, 3.05) is 25.0 Å². The molecule has 0 unspecified atom stereocenters. The molecule has 18 heavy (non-hydrogen) atoms. The molecule has 0 spiro atoms. The summed E-state index contributed by atoms with van der Waals surface area (Å²) in [4.78, 5) is 13.1.